The first-order valence-corrected chi connectivity index (χ1v) is 10.5. The minimum absolute atomic E-state index is 0.134. The smallest absolute Gasteiger partial charge is 0.264 e. The zero-order valence-corrected chi connectivity index (χ0v) is 16.6. The molecule has 3 aromatic rings. The number of thioether (sulfide) groups is 1. The van der Waals surface area contributed by atoms with E-state index >= 15 is 0 Å². The lowest BCUT2D eigenvalue weighted by atomic mass is 10.1. The molecule has 1 aliphatic rings. The number of aliphatic imine (C=N–C) groups is 1. The van der Waals surface area contributed by atoms with E-state index in [0.717, 1.165) is 32.4 Å². The minimum atomic E-state index is -0.134. The van der Waals surface area contributed by atoms with Crippen LogP contribution in [0, 0.1) is 13.8 Å². The molecule has 0 aliphatic carbocycles. The van der Waals surface area contributed by atoms with Gasteiger partial charge in [-0.2, -0.15) is 0 Å². The first-order chi connectivity index (χ1) is 12.6. The maximum absolute atomic E-state index is 12.3. The van der Waals surface area contributed by atoms with Crippen LogP contribution in [-0.2, 0) is 4.79 Å². The average Bonchev–Trinajstić information content (AvgIpc) is 3.33. The van der Waals surface area contributed by atoms with Crippen LogP contribution in [0.5, 0.6) is 0 Å². The highest BCUT2D eigenvalue weighted by Gasteiger charge is 2.24. The third-order valence-corrected chi connectivity index (χ3v) is 6.65. The van der Waals surface area contributed by atoms with Gasteiger partial charge in [-0.3, -0.25) is 4.79 Å². The van der Waals surface area contributed by atoms with E-state index < -0.39 is 0 Å². The molecule has 0 saturated carbocycles. The molecule has 1 aromatic carbocycles. The summed E-state index contributed by atoms with van der Waals surface area (Å²) in [6, 6.07) is 10.1. The molecule has 0 radical (unpaired) electrons. The van der Waals surface area contributed by atoms with Gasteiger partial charge < -0.3 is 5.32 Å². The summed E-state index contributed by atoms with van der Waals surface area (Å²) in [5.41, 5.74) is 3.88. The van der Waals surface area contributed by atoms with Gasteiger partial charge in [0.05, 0.1) is 21.2 Å². The number of amides is 1. The van der Waals surface area contributed by atoms with E-state index in [2.05, 4.69) is 15.3 Å². The number of hydrogen-bond acceptors (Lipinski definition) is 6. The van der Waals surface area contributed by atoms with Gasteiger partial charge in [-0.05, 0) is 54.3 Å². The number of benzene rings is 1. The molecular formula is C19H15N3OS3. The van der Waals surface area contributed by atoms with Crippen LogP contribution in [0.2, 0.25) is 0 Å². The fourth-order valence-electron chi connectivity index (χ4n) is 2.56. The Hall–Kier alpha value is -2.22. The lowest BCUT2D eigenvalue weighted by molar-refractivity contribution is -0.115. The Balaban J connectivity index is 1.58. The number of hydrogen-bond donors (Lipinski definition) is 1. The van der Waals surface area contributed by atoms with E-state index in [4.69, 9.17) is 0 Å². The van der Waals surface area contributed by atoms with Crippen molar-refractivity contribution in [2.24, 2.45) is 4.99 Å². The molecule has 2 aromatic heterocycles. The third-order valence-electron chi connectivity index (χ3n) is 3.84. The van der Waals surface area contributed by atoms with Gasteiger partial charge in [0.15, 0.2) is 5.17 Å². The van der Waals surface area contributed by atoms with Crippen LogP contribution >= 0.6 is 34.4 Å². The Kier molecular flexibility index (Phi) is 4.76. The summed E-state index contributed by atoms with van der Waals surface area (Å²) < 4.78 is 0. The van der Waals surface area contributed by atoms with E-state index in [-0.39, 0.29) is 5.91 Å². The molecule has 1 N–H and O–H groups in total. The fraction of sp³-hybridized carbons (Fsp3) is 0.105. The van der Waals surface area contributed by atoms with Gasteiger partial charge in [0, 0.05) is 5.38 Å². The van der Waals surface area contributed by atoms with Crippen molar-refractivity contribution in [3.8, 4) is 9.88 Å². The zero-order chi connectivity index (χ0) is 18.1. The molecule has 1 aliphatic heterocycles. The topological polar surface area (TPSA) is 54.4 Å². The second-order valence-electron chi connectivity index (χ2n) is 5.78. The van der Waals surface area contributed by atoms with Crippen LogP contribution in [-0.4, -0.2) is 16.1 Å². The number of aryl methyl sites for hydroxylation is 2. The second kappa shape index (κ2) is 7.19. The lowest BCUT2D eigenvalue weighted by Crippen LogP contribution is -2.19. The van der Waals surface area contributed by atoms with Crippen LogP contribution < -0.4 is 5.32 Å². The summed E-state index contributed by atoms with van der Waals surface area (Å²) in [7, 11) is 0. The highest BCUT2D eigenvalue weighted by atomic mass is 32.2. The van der Waals surface area contributed by atoms with Crippen molar-refractivity contribution in [2.75, 3.05) is 0 Å². The predicted octanol–water partition coefficient (Wildman–Crippen LogP) is 5.38. The first kappa shape index (κ1) is 17.2. The average molecular weight is 398 g/mol. The summed E-state index contributed by atoms with van der Waals surface area (Å²) in [6.45, 7) is 4.04. The Morgan fingerprint density at radius 3 is 2.65 bits per heavy atom. The molecule has 3 heterocycles. The fourth-order valence-corrected chi connectivity index (χ4v) is 4.97. The van der Waals surface area contributed by atoms with Crippen molar-refractivity contribution in [3.05, 3.63) is 62.8 Å². The summed E-state index contributed by atoms with van der Waals surface area (Å²) >= 11 is 4.59. The van der Waals surface area contributed by atoms with Crippen LogP contribution in [0.1, 0.15) is 16.8 Å². The number of nitrogens with one attached hydrogen (secondary N) is 1. The third kappa shape index (κ3) is 3.51. The maximum atomic E-state index is 12.3. The molecule has 0 unspecified atom stereocenters. The summed E-state index contributed by atoms with van der Waals surface area (Å²) in [6.07, 6.45) is 1.82. The SMILES string of the molecule is Cc1cccc(C)c1N=C1NC(=O)C(=Cc2csc(-c3cccs3)n2)S1. The molecule has 4 nitrogen and oxygen atoms in total. The summed E-state index contributed by atoms with van der Waals surface area (Å²) in [5.74, 6) is -0.134. The Labute approximate surface area is 163 Å². The van der Waals surface area contributed by atoms with Gasteiger partial charge in [0.25, 0.3) is 5.91 Å². The number of thiazole rings is 1. The number of carbonyl (C=O) groups is 1. The van der Waals surface area contributed by atoms with Gasteiger partial charge in [0.2, 0.25) is 0 Å². The summed E-state index contributed by atoms with van der Waals surface area (Å²) in [4.78, 5) is 23.3. The van der Waals surface area contributed by atoms with E-state index in [1.54, 1.807) is 22.7 Å². The van der Waals surface area contributed by atoms with Crippen molar-refractivity contribution in [2.45, 2.75) is 13.8 Å². The van der Waals surface area contributed by atoms with Crippen LogP contribution in [0.3, 0.4) is 0 Å². The predicted molar refractivity (Wildman–Crippen MR) is 112 cm³/mol. The Morgan fingerprint density at radius 1 is 1.12 bits per heavy atom. The zero-order valence-electron chi connectivity index (χ0n) is 14.1. The Morgan fingerprint density at radius 2 is 1.92 bits per heavy atom. The minimum Gasteiger partial charge on any atom is -0.300 e. The molecule has 130 valence electrons. The molecule has 7 heteroatoms. The highest BCUT2D eigenvalue weighted by Crippen LogP contribution is 2.32. The normalized spacial score (nSPS) is 17.2. The van der Waals surface area contributed by atoms with Crippen molar-refractivity contribution in [1.82, 2.24) is 10.3 Å². The molecule has 0 atom stereocenters. The lowest BCUT2D eigenvalue weighted by Gasteiger charge is -2.04. The molecule has 1 amide bonds. The molecule has 26 heavy (non-hydrogen) atoms. The number of nitrogens with zero attached hydrogens (tertiary/aromatic N) is 2. The van der Waals surface area contributed by atoms with E-state index in [0.29, 0.717) is 10.1 Å². The quantitative estimate of drug-likeness (QED) is 0.604. The van der Waals surface area contributed by atoms with Crippen LogP contribution in [0.15, 0.2) is 51.0 Å². The molecule has 1 fully saturated rings. The molecule has 4 rings (SSSR count). The maximum Gasteiger partial charge on any atom is 0.264 e. The first-order valence-electron chi connectivity index (χ1n) is 7.95. The molecular weight excluding hydrogens is 382 g/mol. The largest absolute Gasteiger partial charge is 0.300 e. The van der Waals surface area contributed by atoms with E-state index in [9.17, 15) is 4.79 Å². The van der Waals surface area contributed by atoms with E-state index in [1.165, 1.54) is 11.8 Å². The van der Waals surface area contributed by atoms with Crippen molar-refractivity contribution in [3.63, 3.8) is 0 Å². The second-order valence-corrected chi connectivity index (χ2v) is 8.61. The van der Waals surface area contributed by atoms with Crippen molar-refractivity contribution >= 4 is 57.3 Å². The molecule has 1 saturated heterocycles. The molecule has 0 bridgehead atoms. The number of rotatable bonds is 3. The van der Waals surface area contributed by atoms with Gasteiger partial charge in [-0.25, -0.2) is 9.98 Å². The van der Waals surface area contributed by atoms with Gasteiger partial charge >= 0.3 is 0 Å². The highest BCUT2D eigenvalue weighted by molar-refractivity contribution is 8.18. The number of para-hydroxylation sites is 1. The monoisotopic (exact) mass is 397 g/mol. The van der Waals surface area contributed by atoms with Gasteiger partial charge in [-0.15, -0.1) is 22.7 Å². The number of thiophene rings is 1. The number of aromatic nitrogens is 1. The van der Waals surface area contributed by atoms with Crippen molar-refractivity contribution in [1.29, 1.82) is 0 Å². The number of carbonyl (C=O) groups excluding carboxylic acids is 1. The van der Waals surface area contributed by atoms with Gasteiger partial charge in [0.1, 0.15) is 5.01 Å². The van der Waals surface area contributed by atoms with Gasteiger partial charge in [-0.1, -0.05) is 24.3 Å². The summed E-state index contributed by atoms with van der Waals surface area (Å²) in [5, 5.41) is 8.42. The number of amidine groups is 1. The van der Waals surface area contributed by atoms with Crippen LogP contribution in [0.25, 0.3) is 16.0 Å². The van der Waals surface area contributed by atoms with E-state index in [1.807, 2.05) is 61.0 Å². The standard InChI is InChI=1S/C19H15N3OS3/c1-11-5-3-6-12(2)16(11)21-19-22-17(23)15(26-19)9-13-10-25-18(20-13)14-7-4-8-24-14/h3-10H,1-2H3,(H,21,22,23). The van der Waals surface area contributed by atoms with Crippen LogP contribution in [0.4, 0.5) is 5.69 Å². The van der Waals surface area contributed by atoms with Crippen molar-refractivity contribution < 1.29 is 4.79 Å². The molecule has 0 spiro atoms. The Bertz CT molecular complexity index is 1010.